The van der Waals surface area contributed by atoms with Crippen molar-refractivity contribution in [1.82, 2.24) is 14.7 Å². The Bertz CT molecular complexity index is 416. The Morgan fingerprint density at radius 3 is 3.06 bits per heavy atom. The lowest BCUT2D eigenvalue weighted by Gasteiger charge is -2.29. The zero-order valence-electron chi connectivity index (χ0n) is 10.7. The van der Waals surface area contributed by atoms with E-state index in [2.05, 4.69) is 29.1 Å². The third-order valence-electron chi connectivity index (χ3n) is 3.46. The third-order valence-corrected chi connectivity index (χ3v) is 3.46. The van der Waals surface area contributed by atoms with Gasteiger partial charge < -0.3 is 0 Å². The number of aryl methyl sites for hydroxylation is 2. The Morgan fingerprint density at radius 1 is 1.59 bits per heavy atom. The zero-order valence-corrected chi connectivity index (χ0v) is 10.7. The van der Waals surface area contributed by atoms with Gasteiger partial charge in [-0.05, 0) is 31.9 Å². The fourth-order valence-corrected chi connectivity index (χ4v) is 2.43. The van der Waals surface area contributed by atoms with Gasteiger partial charge in [-0.3, -0.25) is 9.58 Å². The van der Waals surface area contributed by atoms with E-state index in [1.165, 1.54) is 5.69 Å². The van der Waals surface area contributed by atoms with Gasteiger partial charge in [0, 0.05) is 20.1 Å². The van der Waals surface area contributed by atoms with Crippen LogP contribution in [-0.2, 0) is 20.0 Å². The second-order valence-corrected chi connectivity index (χ2v) is 4.81. The van der Waals surface area contributed by atoms with Crippen LogP contribution in [0.4, 0.5) is 0 Å². The minimum absolute atomic E-state index is 0.211. The smallest absolute Gasteiger partial charge is 0.0669 e. The molecule has 0 radical (unpaired) electrons. The quantitative estimate of drug-likeness (QED) is 0.797. The van der Waals surface area contributed by atoms with Crippen molar-refractivity contribution in [2.75, 3.05) is 13.1 Å². The molecule has 4 heteroatoms. The normalized spacial score (nSPS) is 21.4. The van der Waals surface area contributed by atoms with Crippen molar-refractivity contribution in [1.29, 1.82) is 5.26 Å². The Balaban J connectivity index is 2.00. The summed E-state index contributed by atoms with van der Waals surface area (Å²) in [4.78, 5) is 2.37. The minimum atomic E-state index is 0.211. The number of rotatable bonds is 3. The fourth-order valence-electron chi connectivity index (χ4n) is 2.43. The number of hydrogen-bond donors (Lipinski definition) is 0. The van der Waals surface area contributed by atoms with E-state index in [0.29, 0.717) is 0 Å². The number of aromatic nitrogens is 2. The zero-order chi connectivity index (χ0) is 12.3. The number of nitrogens with zero attached hydrogens (tertiary/aromatic N) is 4. The number of nitriles is 1. The van der Waals surface area contributed by atoms with Crippen LogP contribution in [0.1, 0.15) is 31.2 Å². The fraction of sp³-hybridized carbons (Fsp3) is 0.692. The van der Waals surface area contributed by atoms with Gasteiger partial charge in [0.15, 0.2) is 0 Å². The van der Waals surface area contributed by atoms with Crippen molar-refractivity contribution in [3.8, 4) is 6.07 Å². The molecule has 1 aliphatic rings. The van der Waals surface area contributed by atoms with Gasteiger partial charge in [0.05, 0.1) is 23.4 Å². The second kappa shape index (κ2) is 5.33. The molecule has 92 valence electrons. The highest BCUT2D eigenvalue weighted by atomic mass is 15.3. The minimum Gasteiger partial charge on any atom is -0.296 e. The molecule has 1 aromatic heterocycles. The van der Waals surface area contributed by atoms with Crippen LogP contribution < -0.4 is 0 Å². The Hall–Kier alpha value is -1.34. The molecule has 0 spiro atoms. The predicted octanol–water partition coefficient (Wildman–Crippen LogP) is 1.72. The average Bonchev–Trinajstić information content (AvgIpc) is 2.70. The van der Waals surface area contributed by atoms with Crippen LogP contribution in [0.2, 0.25) is 0 Å². The molecule has 1 unspecified atom stereocenters. The molecule has 0 aromatic carbocycles. The summed E-state index contributed by atoms with van der Waals surface area (Å²) in [5.74, 6) is 0.211. The molecule has 1 saturated heterocycles. The maximum absolute atomic E-state index is 8.98. The van der Waals surface area contributed by atoms with E-state index in [1.54, 1.807) is 0 Å². The van der Waals surface area contributed by atoms with Crippen LogP contribution in [0.15, 0.2) is 6.07 Å². The second-order valence-electron chi connectivity index (χ2n) is 4.81. The van der Waals surface area contributed by atoms with Crippen molar-refractivity contribution in [3.63, 3.8) is 0 Å². The standard InChI is InChI=1S/C13H20N4/c1-3-12-7-13(16(2)15-12)10-17-6-4-5-11(8-14)9-17/h7,11H,3-6,9-10H2,1-2H3. The summed E-state index contributed by atoms with van der Waals surface area (Å²) in [6, 6.07) is 4.56. The van der Waals surface area contributed by atoms with E-state index in [1.807, 2.05) is 11.7 Å². The third kappa shape index (κ3) is 2.86. The van der Waals surface area contributed by atoms with E-state index in [4.69, 9.17) is 5.26 Å². The number of likely N-dealkylation sites (tertiary alicyclic amines) is 1. The van der Waals surface area contributed by atoms with Gasteiger partial charge in [0.1, 0.15) is 0 Å². The van der Waals surface area contributed by atoms with Crippen LogP contribution in [0, 0.1) is 17.2 Å². The summed E-state index contributed by atoms with van der Waals surface area (Å²) in [6.45, 7) is 5.05. The van der Waals surface area contributed by atoms with Gasteiger partial charge in [0.25, 0.3) is 0 Å². The molecule has 1 fully saturated rings. The van der Waals surface area contributed by atoms with Gasteiger partial charge >= 0.3 is 0 Å². The van der Waals surface area contributed by atoms with E-state index < -0.39 is 0 Å². The summed E-state index contributed by atoms with van der Waals surface area (Å²) >= 11 is 0. The highest BCUT2D eigenvalue weighted by Crippen LogP contribution is 2.18. The number of hydrogen-bond acceptors (Lipinski definition) is 3. The molecule has 0 amide bonds. The highest BCUT2D eigenvalue weighted by molar-refractivity contribution is 5.10. The van der Waals surface area contributed by atoms with Crippen molar-refractivity contribution >= 4 is 0 Å². The first-order chi connectivity index (χ1) is 8.22. The molecule has 2 heterocycles. The topological polar surface area (TPSA) is 44.9 Å². The first kappa shape index (κ1) is 12.1. The van der Waals surface area contributed by atoms with E-state index in [0.717, 1.165) is 44.6 Å². The maximum Gasteiger partial charge on any atom is 0.0669 e. The predicted molar refractivity (Wildman–Crippen MR) is 66.2 cm³/mol. The lowest BCUT2D eigenvalue weighted by Crippen LogP contribution is -2.34. The largest absolute Gasteiger partial charge is 0.296 e. The summed E-state index contributed by atoms with van der Waals surface area (Å²) < 4.78 is 1.97. The molecule has 17 heavy (non-hydrogen) atoms. The summed E-state index contributed by atoms with van der Waals surface area (Å²) in [5.41, 5.74) is 2.40. The van der Waals surface area contributed by atoms with E-state index in [9.17, 15) is 0 Å². The van der Waals surface area contributed by atoms with Crippen LogP contribution in [0.5, 0.6) is 0 Å². The van der Waals surface area contributed by atoms with Gasteiger partial charge in [-0.1, -0.05) is 6.92 Å². The van der Waals surface area contributed by atoms with Crippen LogP contribution >= 0.6 is 0 Å². The Morgan fingerprint density at radius 2 is 2.41 bits per heavy atom. The molecule has 4 nitrogen and oxygen atoms in total. The van der Waals surface area contributed by atoms with Gasteiger partial charge in [0.2, 0.25) is 0 Å². The van der Waals surface area contributed by atoms with Crippen molar-refractivity contribution in [2.45, 2.75) is 32.7 Å². The van der Waals surface area contributed by atoms with Crippen molar-refractivity contribution in [2.24, 2.45) is 13.0 Å². The molecule has 0 saturated carbocycles. The maximum atomic E-state index is 8.98. The van der Waals surface area contributed by atoms with E-state index in [-0.39, 0.29) is 5.92 Å². The summed E-state index contributed by atoms with van der Waals surface area (Å²) in [6.07, 6.45) is 3.17. The van der Waals surface area contributed by atoms with Crippen LogP contribution in [0.25, 0.3) is 0 Å². The molecular formula is C13H20N4. The van der Waals surface area contributed by atoms with Gasteiger partial charge in [-0.2, -0.15) is 10.4 Å². The van der Waals surface area contributed by atoms with Gasteiger partial charge in [-0.25, -0.2) is 0 Å². The molecule has 0 aliphatic carbocycles. The monoisotopic (exact) mass is 232 g/mol. The lowest BCUT2D eigenvalue weighted by atomic mass is 10.00. The first-order valence-electron chi connectivity index (χ1n) is 6.36. The number of piperidine rings is 1. The molecule has 1 atom stereocenters. The molecular weight excluding hydrogens is 212 g/mol. The Labute approximate surface area is 103 Å². The van der Waals surface area contributed by atoms with Gasteiger partial charge in [-0.15, -0.1) is 0 Å². The van der Waals surface area contributed by atoms with Crippen LogP contribution in [0.3, 0.4) is 0 Å². The molecule has 2 rings (SSSR count). The van der Waals surface area contributed by atoms with Crippen molar-refractivity contribution in [3.05, 3.63) is 17.5 Å². The highest BCUT2D eigenvalue weighted by Gasteiger charge is 2.20. The lowest BCUT2D eigenvalue weighted by molar-refractivity contribution is 0.188. The summed E-state index contributed by atoms with van der Waals surface area (Å²) in [5, 5.41) is 13.4. The molecule has 0 N–H and O–H groups in total. The molecule has 0 bridgehead atoms. The Kier molecular flexibility index (Phi) is 3.80. The first-order valence-corrected chi connectivity index (χ1v) is 6.36. The van der Waals surface area contributed by atoms with Crippen molar-refractivity contribution < 1.29 is 0 Å². The van der Waals surface area contributed by atoms with E-state index >= 15 is 0 Å². The summed E-state index contributed by atoms with van der Waals surface area (Å²) in [7, 11) is 2.00. The molecule has 1 aliphatic heterocycles. The molecule has 1 aromatic rings. The van der Waals surface area contributed by atoms with Crippen LogP contribution in [-0.4, -0.2) is 27.8 Å². The average molecular weight is 232 g/mol. The SMILES string of the molecule is CCc1cc(CN2CCCC(C#N)C2)n(C)n1.